The van der Waals surface area contributed by atoms with Crippen LogP contribution >= 0.6 is 15.9 Å². The first-order valence-electron chi connectivity index (χ1n) is 6.18. The minimum absolute atomic E-state index is 0.242. The van der Waals surface area contributed by atoms with E-state index in [1.165, 1.54) is 18.2 Å². The monoisotopic (exact) mass is 340 g/mol. The Labute approximate surface area is 124 Å². The van der Waals surface area contributed by atoms with Gasteiger partial charge in [-0.05, 0) is 30.7 Å². The molecule has 2 N–H and O–H groups in total. The van der Waals surface area contributed by atoms with Gasteiger partial charge in [-0.2, -0.15) is 0 Å². The maximum absolute atomic E-state index is 13.5. The van der Waals surface area contributed by atoms with Crippen molar-refractivity contribution in [1.82, 2.24) is 4.90 Å². The number of hydrogen-bond donors (Lipinski definition) is 1. The summed E-state index contributed by atoms with van der Waals surface area (Å²) in [6, 6.07) is 4.51. The lowest BCUT2D eigenvalue weighted by Gasteiger charge is -2.13. The molecule has 1 saturated heterocycles. The van der Waals surface area contributed by atoms with Gasteiger partial charge in [-0.25, -0.2) is 4.39 Å². The van der Waals surface area contributed by atoms with Gasteiger partial charge < -0.3 is 10.6 Å². The highest BCUT2D eigenvalue weighted by Gasteiger charge is 2.28. The van der Waals surface area contributed by atoms with Gasteiger partial charge in [0.05, 0.1) is 5.92 Å². The van der Waals surface area contributed by atoms with Crippen LogP contribution in [0.2, 0.25) is 0 Å². The van der Waals surface area contributed by atoms with Gasteiger partial charge in [0, 0.05) is 29.2 Å². The number of halogens is 2. The van der Waals surface area contributed by atoms with Gasteiger partial charge in [-0.3, -0.25) is 9.59 Å². The molecule has 1 aromatic rings. The Morgan fingerprint density at radius 2 is 2.20 bits per heavy atom. The van der Waals surface area contributed by atoms with Crippen molar-refractivity contribution in [3.63, 3.8) is 0 Å². The van der Waals surface area contributed by atoms with Crippen molar-refractivity contribution in [3.05, 3.63) is 40.1 Å². The minimum atomic E-state index is -0.395. The van der Waals surface area contributed by atoms with E-state index in [0.29, 0.717) is 25.1 Å². The largest absolute Gasteiger partial charge is 0.369 e. The van der Waals surface area contributed by atoms with Crippen molar-refractivity contribution < 1.29 is 14.0 Å². The molecular weight excluding hydrogens is 327 g/mol. The lowest BCUT2D eigenvalue weighted by molar-refractivity contribution is -0.125. The van der Waals surface area contributed by atoms with E-state index >= 15 is 0 Å². The normalized spacial score (nSPS) is 18.7. The van der Waals surface area contributed by atoms with Crippen molar-refractivity contribution in [2.45, 2.75) is 6.42 Å². The summed E-state index contributed by atoms with van der Waals surface area (Å²) in [5.41, 5.74) is 5.54. The fraction of sp³-hybridized carbons (Fsp3) is 0.286. The average Bonchev–Trinajstić information content (AvgIpc) is 2.89. The molecule has 2 amide bonds. The minimum Gasteiger partial charge on any atom is -0.369 e. The van der Waals surface area contributed by atoms with Crippen LogP contribution in [0.1, 0.15) is 12.0 Å². The molecule has 0 spiro atoms. The fourth-order valence-electron chi connectivity index (χ4n) is 2.10. The van der Waals surface area contributed by atoms with E-state index in [-0.39, 0.29) is 17.7 Å². The van der Waals surface area contributed by atoms with Crippen LogP contribution in [-0.4, -0.2) is 29.8 Å². The van der Waals surface area contributed by atoms with Gasteiger partial charge in [-0.15, -0.1) is 0 Å². The van der Waals surface area contributed by atoms with Gasteiger partial charge in [0.2, 0.25) is 11.8 Å². The maximum Gasteiger partial charge on any atom is 0.246 e. The van der Waals surface area contributed by atoms with Crippen LogP contribution in [0.3, 0.4) is 0 Å². The molecule has 6 heteroatoms. The standard InChI is InChI=1S/C14H14BrFN2O2/c15-11-2-3-12(16)9(7-11)1-4-13(19)18-6-5-10(8-18)14(17)20/h1-4,7,10H,5-6,8H2,(H2,17,20)/b4-1-/t10-/m1/s1. The van der Waals surface area contributed by atoms with Crippen molar-refractivity contribution in [2.75, 3.05) is 13.1 Å². The Balaban J connectivity index is 2.03. The molecule has 0 aromatic heterocycles. The number of hydrogen-bond acceptors (Lipinski definition) is 2. The van der Waals surface area contributed by atoms with Gasteiger partial charge in [0.1, 0.15) is 5.82 Å². The van der Waals surface area contributed by atoms with Crippen LogP contribution in [0, 0.1) is 11.7 Å². The van der Waals surface area contributed by atoms with E-state index in [0.717, 1.165) is 4.47 Å². The number of amides is 2. The zero-order chi connectivity index (χ0) is 14.7. The number of rotatable bonds is 3. The molecule has 1 fully saturated rings. The van der Waals surface area contributed by atoms with Crippen molar-refractivity contribution >= 4 is 33.8 Å². The number of likely N-dealkylation sites (tertiary alicyclic amines) is 1. The zero-order valence-corrected chi connectivity index (χ0v) is 12.3. The van der Waals surface area contributed by atoms with Crippen LogP contribution in [0.15, 0.2) is 28.7 Å². The molecule has 106 valence electrons. The Morgan fingerprint density at radius 1 is 1.45 bits per heavy atom. The zero-order valence-electron chi connectivity index (χ0n) is 10.7. The average molecular weight is 341 g/mol. The number of carbonyl (C=O) groups excluding carboxylic acids is 2. The van der Waals surface area contributed by atoms with Gasteiger partial charge in [-0.1, -0.05) is 15.9 Å². The van der Waals surface area contributed by atoms with Crippen molar-refractivity contribution in [1.29, 1.82) is 0 Å². The molecule has 0 aliphatic carbocycles. The Morgan fingerprint density at radius 3 is 2.85 bits per heavy atom. The lowest BCUT2D eigenvalue weighted by Crippen LogP contribution is -2.30. The number of primary amides is 1. The number of nitrogens with zero attached hydrogens (tertiary/aromatic N) is 1. The van der Waals surface area contributed by atoms with E-state index in [1.54, 1.807) is 17.0 Å². The predicted molar refractivity (Wildman–Crippen MR) is 77.0 cm³/mol. The summed E-state index contributed by atoms with van der Waals surface area (Å²) < 4.78 is 14.2. The summed E-state index contributed by atoms with van der Waals surface area (Å²) in [6.07, 6.45) is 3.33. The van der Waals surface area contributed by atoms with Crippen molar-refractivity contribution in [3.8, 4) is 0 Å². The Bertz CT molecular complexity index is 574. The molecule has 1 aliphatic rings. The van der Waals surface area contributed by atoms with Crippen LogP contribution in [0.25, 0.3) is 6.08 Å². The Kier molecular flexibility index (Phi) is 4.54. The fourth-order valence-corrected chi connectivity index (χ4v) is 2.48. The van der Waals surface area contributed by atoms with E-state index in [2.05, 4.69) is 15.9 Å². The molecule has 1 atom stereocenters. The van der Waals surface area contributed by atoms with Crippen molar-refractivity contribution in [2.24, 2.45) is 11.7 Å². The SMILES string of the molecule is NC(=O)[C@@H]1CCN(C(=O)/C=C\c2cc(Br)ccc2F)C1. The summed E-state index contributed by atoms with van der Waals surface area (Å²) in [7, 11) is 0. The second kappa shape index (κ2) is 6.17. The van der Waals surface area contributed by atoms with Crippen LogP contribution < -0.4 is 5.73 Å². The molecule has 0 bridgehead atoms. The first kappa shape index (κ1) is 14.7. The third-order valence-electron chi connectivity index (χ3n) is 3.27. The molecule has 0 radical (unpaired) electrons. The predicted octanol–water partition coefficient (Wildman–Crippen LogP) is 1.94. The smallest absolute Gasteiger partial charge is 0.246 e. The second-order valence-corrected chi connectivity index (χ2v) is 5.59. The summed E-state index contributed by atoms with van der Waals surface area (Å²) in [4.78, 5) is 24.5. The topological polar surface area (TPSA) is 63.4 Å². The molecule has 4 nitrogen and oxygen atoms in total. The van der Waals surface area contributed by atoms with E-state index in [1.807, 2.05) is 0 Å². The van der Waals surface area contributed by atoms with Gasteiger partial charge >= 0.3 is 0 Å². The summed E-state index contributed by atoms with van der Waals surface area (Å²) in [5.74, 6) is -1.31. The second-order valence-electron chi connectivity index (χ2n) is 4.67. The highest BCUT2D eigenvalue weighted by atomic mass is 79.9. The van der Waals surface area contributed by atoms with Crippen LogP contribution in [0.5, 0.6) is 0 Å². The number of benzene rings is 1. The third-order valence-corrected chi connectivity index (χ3v) is 3.76. The summed E-state index contributed by atoms with van der Waals surface area (Å²) >= 11 is 3.25. The van der Waals surface area contributed by atoms with Gasteiger partial charge in [0.25, 0.3) is 0 Å². The van der Waals surface area contributed by atoms with E-state index in [4.69, 9.17) is 5.73 Å². The molecular formula is C14H14BrFN2O2. The summed E-state index contributed by atoms with van der Waals surface area (Å²) in [5, 5.41) is 0. The van der Waals surface area contributed by atoms with Gasteiger partial charge in [0.15, 0.2) is 0 Å². The number of nitrogens with two attached hydrogens (primary N) is 1. The van der Waals surface area contributed by atoms with Crippen LogP contribution in [-0.2, 0) is 9.59 Å². The molecule has 2 rings (SSSR count). The maximum atomic E-state index is 13.5. The first-order chi connectivity index (χ1) is 9.47. The lowest BCUT2D eigenvalue weighted by atomic mass is 10.1. The third kappa shape index (κ3) is 3.45. The molecule has 1 aliphatic heterocycles. The molecule has 1 heterocycles. The van der Waals surface area contributed by atoms with E-state index < -0.39 is 5.82 Å². The summed E-state index contributed by atoms with van der Waals surface area (Å²) in [6.45, 7) is 0.831. The Hall–Kier alpha value is -1.69. The first-order valence-corrected chi connectivity index (χ1v) is 6.98. The number of carbonyl (C=O) groups is 2. The highest BCUT2D eigenvalue weighted by Crippen LogP contribution is 2.18. The molecule has 1 aromatic carbocycles. The van der Waals surface area contributed by atoms with Crippen LogP contribution in [0.4, 0.5) is 4.39 Å². The quantitative estimate of drug-likeness (QED) is 0.854. The molecule has 20 heavy (non-hydrogen) atoms. The van der Waals surface area contributed by atoms with E-state index in [9.17, 15) is 14.0 Å². The highest BCUT2D eigenvalue weighted by molar-refractivity contribution is 9.10. The molecule has 0 saturated carbocycles. The molecule has 0 unspecified atom stereocenters.